The zero-order chi connectivity index (χ0) is 0. The predicted octanol–water partition coefficient (Wildman–Crippen LogP) is -0.359. The molecular formula is MnO3Th. The quantitative estimate of drug-likeness (QED) is 0.542. The van der Waals surface area contributed by atoms with Crippen LogP contribution in [0.3, 0.4) is 0 Å². The van der Waals surface area contributed by atoms with Gasteiger partial charge < -0.3 is 16.4 Å². The Hall–Kier alpha value is 1.72. The molecule has 29 valence electrons. The Labute approximate surface area is 72.6 Å². The van der Waals surface area contributed by atoms with Gasteiger partial charge in [0.15, 0.2) is 0 Å². The van der Waals surface area contributed by atoms with Crippen LogP contribution in [-0.4, -0.2) is 0 Å². The summed E-state index contributed by atoms with van der Waals surface area (Å²) in [5.74, 6) is 0. The molecule has 0 atom stereocenters. The van der Waals surface area contributed by atoms with E-state index in [1.807, 2.05) is 0 Å². The molecule has 0 spiro atoms. The first kappa shape index (κ1) is 74.1. The molecule has 0 unspecified atom stereocenters. The van der Waals surface area contributed by atoms with Crippen LogP contribution >= 0.6 is 0 Å². The maximum atomic E-state index is 0. The molecule has 5 heteroatoms. The van der Waals surface area contributed by atoms with Gasteiger partial charge in [-0.1, -0.05) is 0 Å². The third-order valence-electron chi connectivity index (χ3n) is 0. The molecule has 0 fully saturated rings. The third kappa shape index (κ3) is 26.7. The van der Waals surface area contributed by atoms with Crippen molar-refractivity contribution in [1.29, 1.82) is 0 Å². The summed E-state index contributed by atoms with van der Waals surface area (Å²) in [6, 6.07) is 0. The molecule has 0 aromatic carbocycles. The molecule has 0 aliphatic rings. The van der Waals surface area contributed by atoms with Gasteiger partial charge in [0.05, 0.1) is 0 Å². The first-order chi connectivity index (χ1) is 0. The van der Waals surface area contributed by atoms with Crippen LogP contribution in [0.2, 0.25) is 0 Å². The zero-order valence-corrected chi connectivity index (χ0v) is 7.39. The molecule has 0 saturated heterocycles. The van der Waals surface area contributed by atoms with E-state index in [0.29, 0.717) is 0 Å². The summed E-state index contributed by atoms with van der Waals surface area (Å²) in [4.78, 5) is 0. The zero-order valence-electron chi connectivity index (χ0n) is 2.10. The Morgan fingerprint density at radius 1 is 0.600 bits per heavy atom. The Morgan fingerprint density at radius 3 is 0.600 bits per heavy atom. The predicted molar refractivity (Wildman–Crippen MR) is 2.06 cm³/mol. The molecule has 0 aromatic rings. The molecule has 0 rings (SSSR count). The van der Waals surface area contributed by atoms with Crippen LogP contribution in [-0.2, 0) is 33.5 Å². The van der Waals surface area contributed by atoms with Gasteiger partial charge in [0, 0.05) is 0 Å². The van der Waals surface area contributed by atoms with Crippen LogP contribution in [0.5, 0.6) is 0 Å². The van der Waals surface area contributed by atoms with Crippen molar-refractivity contribution in [2.45, 2.75) is 0 Å². The summed E-state index contributed by atoms with van der Waals surface area (Å²) < 4.78 is 0. The standard InChI is InChI=1S/Mn.3O.Th/q+2;3*-2;+4. The Balaban J connectivity index is 0. The Kier molecular flexibility index (Phi) is 637. The molecular weight excluding hydrogens is 335 g/mol. The van der Waals surface area contributed by atoms with Gasteiger partial charge in [0.25, 0.3) is 0 Å². The molecule has 0 N–H and O–H groups in total. The smallest absolute Gasteiger partial charge is 2.00 e. The van der Waals surface area contributed by atoms with Crippen LogP contribution in [0.15, 0.2) is 0 Å². The number of hydrogen-bond acceptors (Lipinski definition) is 0. The molecule has 0 aliphatic carbocycles. The van der Waals surface area contributed by atoms with Gasteiger partial charge in [-0.3, -0.25) is 0 Å². The van der Waals surface area contributed by atoms with E-state index in [0.717, 1.165) is 0 Å². The molecule has 0 aromatic heterocycles. The minimum atomic E-state index is 0. The van der Waals surface area contributed by atoms with E-state index in [-0.39, 0.29) is 73.4 Å². The SMILES string of the molecule is [Mn+2].[O-2].[O-2].[O-2].[Th+4]. The van der Waals surface area contributed by atoms with Crippen molar-refractivity contribution in [3.8, 4) is 0 Å². The maximum absolute atomic E-state index is 0. The van der Waals surface area contributed by atoms with Crippen molar-refractivity contribution in [1.82, 2.24) is 0 Å². The second kappa shape index (κ2) is 43.0. The monoisotopic (exact) mass is 335 g/mol. The van der Waals surface area contributed by atoms with Crippen molar-refractivity contribution in [2.75, 3.05) is 0 Å². The van der Waals surface area contributed by atoms with E-state index < -0.39 is 0 Å². The molecule has 0 amide bonds. The number of hydrogen-bond donors (Lipinski definition) is 0. The normalized spacial score (nSPS) is 0. The third-order valence-corrected chi connectivity index (χ3v) is 0. The van der Waals surface area contributed by atoms with Crippen molar-refractivity contribution in [3.63, 3.8) is 0 Å². The fraction of sp³-hybridized carbons (Fsp3) is 0. The average molecular weight is 335 g/mol. The Morgan fingerprint density at radius 2 is 0.600 bits per heavy atom. The summed E-state index contributed by atoms with van der Waals surface area (Å²) in [6.45, 7) is 0. The fourth-order valence-electron chi connectivity index (χ4n) is 0. The average Bonchev–Trinajstić information content (AvgIpc) is 0. The minimum absolute atomic E-state index is 0. The molecule has 3 nitrogen and oxygen atoms in total. The van der Waals surface area contributed by atoms with Crippen molar-refractivity contribution >= 4 is 0 Å². The van der Waals surface area contributed by atoms with E-state index in [4.69, 9.17) is 0 Å². The molecule has 5 heavy (non-hydrogen) atoms. The Bertz CT molecular complexity index is 6.85. The van der Waals surface area contributed by atoms with Gasteiger partial charge in [-0.15, -0.1) is 0 Å². The molecule has 0 heterocycles. The van der Waals surface area contributed by atoms with Gasteiger partial charge in [-0.05, 0) is 0 Å². The molecule has 0 saturated carbocycles. The van der Waals surface area contributed by atoms with Crippen LogP contribution in [0.1, 0.15) is 0 Å². The van der Waals surface area contributed by atoms with Crippen LogP contribution in [0.4, 0.5) is 0 Å². The van der Waals surface area contributed by atoms with Gasteiger partial charge >= 0.3 is 57.0 Å². The summed E-state index contributed by atoms with van der Waals surface area (Å²) in [5.41, 5.74) is 0. The fourth-order valence-corrected chi connectivity index (χ4v) is 0. The van der Waals surface area contributed by atoms with Crippen molar-refractivity contribution in [2.24, 2.45) is 0 Å². The van der Waals surface area contributed by atoms with E-state index in [1.165, 1.54) is 0 Å². The van der Waals surface area contributed by atoms with Gasteiger partial charge in [-0.25, -0.2) is 0 Å². The topological polar surface area (TPSA) is 85.5 Å². The van der Waals surface area contributed by atoms with Crippen LogP contribution in [0.25, 0.3) is 0 Å². The summed E-state index contributed by atoms with van der Waals surface area (Å²) in [7, 11) is 0. The van der Waals surface area contributed by atoms with Crippen LogP contribution in [0, 0.1) is 39.9 Å². The molecule has 1 radical (unpaired) electrons. The molecule has 0 aliphatic heterocycles. The van der Waals surface area contributed by atoms with Gasteiger partial charge in [0.2, 0.25) is 0 Å². The second-order valence-electron chi connectivity index (χ2n) is 0. The maximum Gasteiger partial charge on any atom is 4.00 e. The van der Waals surface area contributed by atoms with Gasteiger partial charge in [-0.2, -0.15) is 0 Å². The van der Waals surface area contributed by atoms with E-state index in [2.05, 4.69) is 0 Å². The van der Waals surface area contributed by atoms with Crippen LogP contribution < -0.4 is 0 Å². The summed E-state index contributed by atoms with van der Waals surface area (Å²) >= 11 is 0. The van der Waals surface area contributed by atoms with E-state index in [1.54, 1.807) is 0 Å². The van der Waals surface area contributed by atoms with E-state index in [9.17, 15) is 0 Å². The largest absolute Gasteiger partial charge is 4.00 e. The first-order valence-corrected chi connectivity index (χ1v) is 0. The van der Waals surface area contributed by atoms with Crippen molar-refractivity contribution in [3.05, 3.63) is 0 Å². The van der Waals surface area contributed by atoms with E-state index >= 15 is 0 Å². The summed E-state index contributed by atoms with van der Waals surface area (Å²) in [5, 5.41) is 0. The minimum Gasteiger partial charge on any atom is -2.00 e. The number of rotatable bonds is 0. The molecule has 0 bridgehead atoms. The van der Waals surface area contributed by atoms with Crippen molar-refractivity contribution < 1.29 is 73.4 Å². The summed E-state index contributed by atoms with van der Waals surface area (Å²) in [6.07, 6.45) is 0. The second-order valence-corrected chi connectivity index (χ2v) is 0. The van der Waals surface area contributed by atoms with Gasteiger partial charge in [0.1, 0.15) is 0 Å². The first-order valence-electron chi connectivity index (χ1n) is 0.